The Morgan fingerprint density at radius 1 is 1.50 bits per heavy atom. The lowest BCUT2D eigenvalue weighted by Gasteiger charge is -2.14. The van der Waals surface area contributed by atoms with E-state index in [2.05, 4.69) is 23.5 Å². The predicted octanol–water partition coefficient (Wildman–Crippen LogP) is 3.13. The zero-order valence-corrected chi connectivity index (χ0v) is 11.9. The Labute approximate surface area is 107 Å². The zero-order chi connectivity index (χ0) is 11.4. The molecule has 0 spiro atoms. The SMILES string of the molecule is CCCC1CN=C(NC2CCC(SC)C2)S1. The van der Waals surface area contributed by atoms with Gasteiger partial charge in [-0.1, -0.05) is 25.1 Å². The van der Waals surface area contributed by atoms with Crippen LogP contribution >= 0.6 is 23.5 Å². The van der Waals surface area contributed by atoms with Crippen LogP contribution in [0.4, 0.5) is 0 Å². The summed E-state index contributed by atoms with van der Waals surface area (Å²) in [4.78, 5) is 4.61. The Hall–Kier alpha value is 0.170. The molecule has 0 bridgehead atoms. The molecule has 2 aliphatic rings. The van der Waals surface area contributed by atoms with Gasteiger partial charge in [-0.15, -0.1) is 0 Å². The summed E-state index contributed by atoms with van der Waals surface area (Å²) in [5, 5.41) is 6.46. The number of nitrogens with one attached hydrogen (secondary N) is 1. The summed E-state index contributed by atoms with van der Waals surface area (Å²) < 4.78 is 0. The minimum Gasteiger partial charge on any atom is -0.362 e. The van der Waals surface area contributed by atoms with Crippen LogP contribution in [0.1, 0.15) is 39.0 Å². The van der Waals surface area contributed by atoms with E-state index >= 15 is 0 Å². The first-order valence-electron chi connectivity index (χ1n) is 6.32. The van der Waals surface area contributed by atoms with Crippen molar-refractivity contribution in [2.45, 2.75) is 55.6 Å². The third-order valence-corrected chi connectivity index (χ3v) is 5.66. The summed E-state index contributed by atoms with van der Waals surface area (Å²) >= 11 is 3.98. The van der Waals surface area contributed by atoms with E-state index in [1.165, 1.54) is 37.3 Å². The maximum atomic E-state index is 4.61. The second kappa shape index (κ2) is 6.20. The van der Waals surface area contributed by atoms with Gasteiger partial charge in [-0.05, 0) is 31.9 Å². The normalized spacial score (nSPS) is 34.1. The highest BCUT2D eigenvalue weighted by Crippen LogP contribution is 2.30. The minimum absolute atomic E-state index is 0.684. The van der Waals surface area contributed by atoms with Crippen molar-refractivity contribution >= 4 is 28.7 Å². The van der Waals surface area contributed by atoms with Gasteiger partial charge in [0.1, 0.15) is 0 Å². The van der Waals surface area contributed by atoms with Crippen molar-refractivity contribution in [3.63, 3.8) is 0 Å². The number of nitrogens with zero attached hydrogens (tertiary/aromatic N) is 1. The summed E-state index contributed by atoms with van der Waals surface area (Å²) in [5.74, 6) is 0. The molecule has 16 heavy (non-hydrogen) atoms. The van der Waals surface area contributed by atoms with Gasteiger partial charge in [0.2, 0.25) is 0 Å². The number of amidine groups is 1. The fourth-order valence-corrected chi connectivity index (χ4v) is 4.43. The highest BCUT2D eigenvalue weighted by molar-refractivity contribution is 8.14. The fraction of sp³-hybridized carbons (Fsp3) is 0.917. The average Bonchev–Trinajstić information content (AvgIpc) is 2.89. The lowest BCUT2D eigenvalue weighted by molar-refractivity contribution is 0.636. The van der Waals surface area contributed by atoms with Crippen LogP contribution in [0.3, 0.4) is 0 Å². The molecule has 2 rings (SSSR count). The summed E-state index contributed by atoms with van der Waals surface area (Å²) in [6.07, 6.45) is 8.82. The highest BCUT2D eigenvalue weighted by Gasteiger charge is 2.27. The smallest absolute Gasteiger partial charge is 0.157 e. The average molecular weight is 258 g/mol. The molecule has 1 aliphatic carbocycles. The van der Waals surface area contributed by atoms with Crippen LogP contribution in [-0.2, 0) is 0 Å². The monoisotopic (exact) mass is 258 g/mol. The number of aliphatic imine (C=N–C) groups is 1. The van der Waals surface area contributed by atoms with E-state index in [0.29, 0.717) is 6.04 Å². The lowest BCUT2D eigenvalue weighted by Crippen LogP contribution is -2.30. The van der Waals surface area contributed by atoms with Crippen molar-refractivity contribution in [3.05, 3.63) is 0 Å². The molecule has 0 aromatic carbocycles. The van der Waals surface area contributed by atoms with Gasteiger partial charge in [-0.3, -0.25) is 4.99 Å². The van der Waals surface area contributed by atoms with Crippen LogP contribution < -0.4 is 5.32 Å². The van der Waals surface area contributed by atoms with E-state index in [0.717, 1.165) is 17.0 Å². The number of rotatable bonds is 4. The van der Waals surface area contributed by atoms with Crippen LogP contribution in [-0.4, -0.2) is 34.5 Å². The van der Waals surface area contributed by atoms with Gasteiger partial charge in [-0.2, -0.15) is 11.8 Å². The molecule has 1 heterocycles. The second-order valence-electron chi connectivity index (χ2n) is 4.69. The summed E-state index contributed by atoms with van der Waals surface area (Å²) in [6.45, 7) is 3.28. The summed E-state index contributed by atoms with van der Waals surface area (Å²) in [6, 6.07) is 0.684. The quantitative estimate of drug-likeness (QED) is 0.838. The molecule has 0 aromatic heterocycles. The Morgan fingerprint density at radius 3 is 3.06 bits per heavy atom. The molecule has 1 N–H and O–H groups in total. The van der Waals surface area contributed by atoms with Crippen molar-refractivity contribution in [2.75, 3.05) is 12.8 Å². The molecule has 92 valence electrons. The number of hydrogen-bond acceptors (Lipinski definition) is 4. The van der Waals surface area contributed by atoms with Crippen LogP contribution in [0.25, 0.3) is 0 Å². The molecule has 0 radical (unpaired) electrons. The van der Waals surface area contributed by atoms with Crippen molar-refractivity contribution in [3.8, 4) is 0 Å². The van der Waals surface area contributed by atoms with Crippen LogP contribution in [0.5, 0.6) is 0 Å². The van der Waals surface area contributed by atoms with Crippen molar-refractivity contribution in [1.29, 1.82) is 0 Å². The first-order chi connectivity index (χ1) is 7.81. The molecule has 0 amide bonds. The Morgan fingerprint density at radius 2 is 2.38 bits per heavy atom. The van der Waals surface area contributed by atoms with E-state index < -0.39 is 0 Å². The molecule has 4 heteroatoms. The first-order valence-corrected chi connectivity index (χ1v) is 8.49. The number of thioether (sulfide) groups is 2. The first kappa shape index (κ1) is 12.6. The maximum Gasteiger partial charge on any atom is 0.157 e. The van der Waals surface area contributed by atoms with Crippen molar-refractivity contribution in [1.82, 2.24) is 5.32 Å². The van der Waals surface area contributed by atoms with Crippen LogP contribution in [0, 0.1) is 0 Å². The van der Waals surface area contributed by atoms with Crippen LogP contribution in [0.15, 0.2) is 4.99 Å². The summed E-state index contributed by atoms with van der Waals surface area (Å²) in [7, 11) is 0. The lowest BCUT2D eigenvalue weighted by atomic mass is 10.2. The van der Waals surface area contributed by atoms with Crippen molar-refractivity contribution in [2.24, 2.45) is 4.99 Å². The van der Waals surface area contributed by atoms with E-state index in [4.69, 9.17) is 0 Å². The van der Waals surface area contributed by atoms with E-state index in [9.17, 15) is 0 Å². The molecular formula is C12H22N2S2. The Bertz CT molecular complexity index is 255. The second-order valence-corrected chi connectivity index (χ2v) is 7.11. The largest absolute Gasteiger partial charge is 0.362 e. The zero-order valence-electron chi connectivity index (χ0n) is 10.2. The van der Waals surface area contributed by atoms with E-state index in [1.54, 1.807) is 0 Å². The topological polar surface area (TPSA) is 24.4 Å². The fourth-order valence-electron chi connectivity index (χ4n) is 2.43. The van der Waals surface area contributed by atoms with Gasteiger partial charge in [-0.25, -0.2) is 0 Å². The van der Waals surface area contributed by atoms with E-state index in [-0.39, 0.29) is 0 Å². The molecule has 1 saturated carbocycles. The standard InChI is InChI=1S/C12H22N2S2/c1-3-4-11-8-13-12(16-11)14-9-5-6-10(7-9)15-2/h9-11H,3-8H2,1-2H3,(H,13,14). The maximum absolute atomic E-state index is 4.61. The molecule has 0 saturated heterocycles. The molecule has 1 fully saturated rings. The van der Waals surface area contributed by atoms with Gasteiger partial charge in [0.25, 0.3) is 0 Å². The van der Waals surface area contributed by atoms with E-state index in [1.807, 2.05) is 23.5 Å². The number of hydrogen-bond donors (Lipinski definition) is 1. The molecule has 3 atom stereocenters. The van der Waals surface area contributed by atoms with Gasteiger partial charge in [0.15, 0.2) is 5.17 Å². The summed E-state index contributed by atoms with van der Waals surface area (Å²) in [5.41, 5.74) is 0. The highest BCUT2D eigenvalue weighted by atomic mass is 32.2. The van der Waals surface area contributed by atoms with Gasteiger partial charge >= 0.3 is 0 Å². The molecule has 2 nitrogen and oxygen atoms in total. The van der Waals surface area contributed by atoms with Crippen molar-refractivity contribution < 1.29 is 0 Å². The molecule has 0 aromatic rings. The minimum atomic E-state index is 0.684. The Balaban J connectivity index is 1.71. The Kier molecular flexibility index (Phi) is 4.89. The van der Waals surface area contributed by atoms with Gasteiger partial charge in [0, 0.05) is 16.5 Å². The third-order valence-electron chi connectivity index (χ3n) is 3.37. The predicted molar refractivity (Wildman–Crippen MR) is 76.7 cm³/mol. The van der Waals surface area contributed by atoms with Gasteiger partial charge < -0.3 is 5.32 Å². The van der Waals surface area contributed by atoms with Crippen LogP contribution in [0.2, 0.25) is 0 Å². The molecular weight excluding hydrogens is 236 g/mol. The third kappa shape index (κ3) is 3.33. The molecule has 3 unspecified atom stereocenters. The molecule has 1 aliphatic heterocycles. The van der Waals surface area contributed by atoms with Gasteiger partial charge in [0.05, 0.1) is 6.54 Å².